The molecule has 0 spiro atoms. The minimum absolute atomic E-state index is 0.0389. The maximum Gasteiger partial charge on any atom is 0.261 e. The zero-order valence-electron chi connectivity index (χ0n) is 25.6. The predicted molar refractivity (Wildman–Crippen MR) is 172 cm³/mol. The molecule has 0 aliphatic rings. The molecule has 0 bridgehead atoms. The van der Waals surface area contributed by atoms with Crippen LogP contribution in [-0.4, -0.2) is 28.1 Å². The monoisotopic (exact) mass is 548 g/mol. The van der Waals surface area contributed by atoms with Crippen LogP contribution in [0.1, 0.15) is 118 Å². The molecule has 0 saturated heterocycles. The van der Waals surface area contributed by atoms with Crippen LogP contribution in [0.15, 0.2) is 60.7 Å². The van der Waals surface area contributed by atoms with Crippen molar-refractivity contribution in [3.05, 3.63) is 60.7 Å². The summed E-state index contributed by atoms with van der Waals surface area (Å²) in [6.45, 7) is 12.0. The molecule has 0 N–H and O–H groups in total. The number of ether oxygens (including phenoxy) is 1. The second kappa shape index (κ2) is 20.1. The van der Waals surface area contributed by atoms with E-state index < -0.39 is 8.32 Å². The van der Waals surface area contributed by atoms with Gasteiger partial charge in [-0.2, -0.15) is 0 Å². The van der Waals surface area contributed by atoms with E-state index in [2.05, 4.69) is 100 Å². The van der Waals surface area contributed by atoms with E-state index in [4.69, 9.17) is 9.16 Å². The Balaban J connectivity index is 1.61. The molecule has 216 valence electrons. The molecule has 0 atom stereocenters. The molecule has 0 unspecified atom stereocenters. The van der Waals surface area contributed by atoms with E-state index in [1.54, 1.807) is 0 Å². The van der Waals surface area contributed by atoms with Gasteiger partial charge >= 0.3 is 0 Å². The van der Waals surface area contributed by atoms with Crippen LogP contribution in [0.2, 0.25) is 5.04 Å². The van der Waals surface area contributed by atoms with Gasteiger partial charge in [0.25, 0.3) is 8.32 Å². The highest BCUT2D eigenvalue weighted by molar-refractivity contribution is 6.99. The van der Waals surface area contributed by atoms with Gasteiger partial charge in [0, 0.05) is 32.7 Å². The Bertz CT molecular complexity index is 868. The maximum absolute atomic E-state index is 6.98. The molecule has 0 aliphatic carbocycles. The molecular formula is C36H56O2Si. The molecule has 0 heterocycles. The maximum atomic E-state index is 6.98. The van der Waals surface area contributed by atoms with Crippen molar-refractivity contribution in [1.29, 1.82) is 0 Å². The third-order valence-electron chi connectivity index (χ3n) is 7.54. The summed E-state index contributed by atoms with van der Waals surface area (Å²) in [7, 11) is -2.41. The summed E-state index contributed by atoms with van der Waals surface area (Å²) in [5.74, 6) is 6.82. The normalized spacial score (nSPS) is 11.8. The van der Waals surface area contributed by atoms with Crippen LogP contribution in [0.3, 0.4) is 0 Å². The first kappa shape index (κ1) is 33.3. The van der Waals surface area contributed by atoms with E-state index in [-0.39, 0.29) is 5.04 Å². The minimum atomic E-state index is -2.41. The van der Waals surface area contributed by atoms with Crippen LogP contribution < -0.4 is 10.4 Å². The van der Waals surface area contributed by atoms with E-state index in [9.17, 15) is 0 Å². The molecule has 2 nitrogen and oxygen atoms in total. The van der Waals surface area contributed by atoms with Gasteiger partial charge in [-0.15, -0.1) is 11.8 Å². The minimum Gasteiger partial charge on any atom is -0.407 e. The van der Waals surface area contributed by atoms with Crippen LogP contribution in [0.5, 0.6) is 0 Å². The lowest BCUT2D eigenvalue weighted by atomic mass is 10.1. The van der Waals surface area contributed by atoms with Crippen LogP contribution in [0, 0.1) is 11.8 Å². The van der Waals surface area contributed by atoms with Crippen molar-refractivity contribution in [3.63, 3.8) is 0 Å². The highest BCUT2D eigenvalue weighted by atomic mass is 28.4. The molecule has 39 heavy (non-hydrogen) atoms. The lowest BCUT2D eigenvalue weighted by Crippen LogP contribution is -2.66. The Morgan fingerprint density at radius 3 is 1.51 bits per heavy atom. The zero-order valence-corrected chi connectivity index (χ0v) is 26.6. The summed E-state index contributed by atoms with van der Waals surface area (Å²) in [5, 5.41) is 2.75. The van der Waals surface area contributed by atoms with E-state index in [1.165, 1.54) is 74.6 Å². The number of rotatable bonds is 20. The highest BCUT2D eigenvalue weighted by Gasteiger charge is 2.49. The molecule has 0 radical (unpaired) electrons. The van der Waals surface area contributed by atoms with Crippen molar-refractivity contribution in [3.8, 4) is 11.8 Å². The summed E-state index contributed by atoms with van der Waals surface area (Å²) in [6, 6.07) is 21.9. The average molecular weight is 549 g/mol. The van der Waals surface area contributed by atoms with Crippen molar-refractivity contribution in [2.75, 3.05) is 19.8 Å². The standard InChI is InChI=1S/C36H56O2Si/c1-5-6-7-24-31-37-32-25-16-14-12-10-8-9-11-13-15-17-26-33-38-39(36(2,3)4,34-27-20-18-21-28-34)35-29-22-19-23-30-35/h18-23,27-30H,5-10,12,14-17,24-26,31-33H2,1-4H3. The lowest BCUT2D eigenvalue weighted by Gasteiger charge is -2.43. The smallest absolute Gasteiger partial charge is 0.261 e. The van der Waals surface area contributed by atoms with E-state index in [1.807, 2.05) is 0 Å². The zero-order chi connectivity index (χ0) is 28.1. The van der Waals surface area contributed by atoms with Gasteiger partial charge in [-0.05, 0) is 47.5 Å². The second-order valence-electron chi connectivity index (χ2n) is 11.9. The molecule has 0 aliphatic heterocycles. The first-order valence-electron chi connectivity index (χ1n) is 15.8. The van der Waals surface area contributed by atoms with Gasteiger partial charge in [-0.1, -0.05) is 133 Å². The molecule has 3 heteroatoms. The fraction of sp³-hybridized carbons (Fsp3) is 0.611. The quantitative estimate of drug-likeness (QED) is 0.0933. The van der Waals surface area contributed by atoms with E-state index in [0.717, 1.165) is 45.5 Å². The van der Waals surface area contributed by atoms with Crippen LogP contribution in [0.25, 0.3) is 0 Å². The SMILES string of the molecule is CCCCCCOCCCCCCCCC#CCCCCO[Si](c1ccccc1)(c1ccccc1)C(C)(C)C. The first-order chi connectivity index (χ1) is 19.0. The van der Waals surface area contributed by atoms with Gasteiger partial charge in [0.2, 0.25) is 0 Å². The Morgan fingerprint density at radius 1 is 0.564 bits per heavy atom. The van der Waals surface area contributed by atoms with Gasteiger partial charge in [0.1, 0.15) is 0 Å². The summed E-state index contributed by atoms with van der Waals surface area (Å²) in [5.41, 5.74) is 0. The molecule has 0 aromatic heterocycles. The topological polar surface area (TPSA) is 18.5 Å². The van der Waals surface area contributed by atoms with Crippen LogP contribution in [0.4, 0.5) is 0 Å². The fourth-order valence-electron chi connectivity index (χ4n) is 5.34. The summed E-state index contributed by atoms with van der Waals surface area (Å²) in [4.78, 5) is 0. The Hall–Kier alpha value is -1.86. The molecular weight excluding hydrogens is 492 g/mol. The van der Waals surface area contributed by atoms with Crippen molar-refractivity contribution >= 4 is 18.7 Å². The number of hydrogen-bond acceptors (Lipinski definition) is 2. The summed E-state index contributed by atoms with van der Waals surface area (Å²) < 4.78 is 12.7. The molecule has 2 rings (SSSR count). The summed E-state index contributed by atoms with van der Waals surface area (Å²) in [6.07, 6.45) is 17.1. The van der Waals surface area contributed by atoms with Gasteiger partial charge < -0.3 is 9.16 Å². The molecule has 2 aromatic carbocycles. The Morgan fingerprint density at radius 2 is 1.00 bits per heavy atom. The van der Waals surface area contributed by atoms with Gasteiger partial charge in [0.05, 0.1) is 0 Å². The second-order valence-corrected chi connectivity index (χ2v) is 16.2. The first-order valence-corrected chi connectivity index (χ1v) is 17.7. The van der Waals surface area contributed by atoms with Crippen molar-refractivity contribution in [2.24, 2.45) is 0 Å². The van der Waals surface area contributed by atoms with E-state index >= 15 is 0 Å². The third-order valence-corrected chi connectivity index (χ3v) is 12.6. The van der Waals surface area contributed by atoms with Crippen LogP contribution >= 0.6 is 0 Å². The summed E-state index contributed by atoms with van der Waals surface area (Å²) >= 11 is 0. The number of benzene rings is 2. The van der Waals surface area contributed by atoms with Crippen molar-refractivity contribution < 1.29 is 9.16 Å². The molecule has 0 amide bonds. The highest BCUT2D eigenvalue weighted by Crippen LogP contribution is 2.36. The number of hydrogen-bond donors (Lipinski definition) is 0. The van der Waals surface area contributed by atoms with Crippen LogP contribution in [-0.2, 0) is 9.16 Å². The molecule has 0 saturated carbocycles. The third kappa shape index (κ3) is 12.5. The van der Waals surface area contributed by atoms with E-state index in [0.29, 0.717) is 0 Å². The number of unbranched alkanes of at least 4 members (excludes halogenated alkanes) is 11. The lowest BCUT2D eigenvalue weighted by molar-refractivity contribution is 0.125. The largest absolute Gasteiger partial charge is 0.407 e. The van der Waals surface area contributed by atoms with Crippen molar-refractivity contribution in [1.82, 2.24) is 0 Å². The fourth-order valence-corrected chi connectivity index (χ4v) is 9.94. The van der Waals surface area contributed by atoms with Gasteiger partial charge in [0.15, 0.2) is 0 Å². The predicted octanol–water partition coefficient (Wildman–Crippen LogP) is 9.06. The molecule has 0 fully saturated rings. The average Bonchev–Trinajstić information content (AvgIpc) is 2.94. The van der Waals surface area contributed by atoms with Crippen molar-refractivity contribution in [2.45, 2.75) is 123 Å². The Labute approximate surface area is 242 Å². The Kier molecular flexibility index (Phi) is 17.2. The van der Waals surface area contributed by atoms with Gasteiger partial charge in [-0.25, -0.2) is 0 Å². The van der Waals surface area contributed by atoms with Gasteiger partial charge in [-0.3, -0.25) is 0 Å². The molecule has 2 aromatic rings.